The van der Waals surface area contributed by atoms with Crippen molar-refractivity contribution in [2.75, 3.05) is 13.1 Å². The standard InChI is InChI=1S/C21H19F3N2O4S/c22-21(23,24)18-5-2-6-19(12-18)31(28,29)26-9-7-17(8-10-26)20(27)30-14-16-4-1-3-15(11-16)13-25/h1-6,11-12,17H,7-10,14H2. The molecule has 0 atom stereocenters. The van der Waals surface area contributed by atoms with Crippen LogP contribution in [-0.2, 0) is 32.3 Å². The molecular weight excluding hydrogens is 433 g/mol. The summed E-state index contributed by atoms with van der Waals surface area (Å²) in [5.41, 5.74) is 0.0751. The van der Waals surface area contributed by atoms with Gasteiger partial charge in [0.1, 0.15) is 6.61 Å². The molecule has 3 rings (SSSR count). The Labute approximate surface area is 177 Å². The molecule has 0 unspecified atom stereocenters. The fraction of sp³-hybridized carbons (Fsp3) is 0.333. The number of sulfonamides is 1. The van der Waals surface area contributed by atoms with Crippen molar-refractivity contribution < 1.29 is 31.1 Å². The largest absolute Gasteiger partial charge is 0.461 e. The van der Waals surface area contributed by atoms with Crippen molar-refractivity contribution in [2.45, 2.75) is 30.5 Å². The number of piperidine rings is 1. The number of nitriles is 1. The van der Waals surface area contributed by atoms with Gasteiger partial charge in [-0.05, 0) is 48.7 Å². The van der Waals surface area contributed by atoms with E-state index in [0.29, 0.717) is 17.2 Å². The normalized spacial score (nSPS) is 15.9. The average molecular weight is 452 g/mol. The second-order valence-corrected chi connectivity index (χ2v) is 9.06. The van der Waals surface area contributed by atoms with Gasteiger partial charge in [0.25, 0.3) is 0 Å². The number of hydrogen-bond donors (Lipinski definition) is 0. The average Bonchev–Trinajstić information content (AvgIpc) is 2.77. The minimum absolute atomic E-state index is 0.00225. The molecule has 2 aromatic carbocycles. The summed E-state index contributed by atoms with van der Waals surface area (Å²) in [4.78, 5) is 11.9. The molecule has 1 aliphatic rings. The second-order valence-electron chi connectivity index (χ2n) is 7.12. The summed E-state index contributed by atoms with van der Waals surface area (Å²) in [6.07, 6.45) is -4.24. The van der Waals surface area contributed by atoms with E-state index >= 15 is 0 Å². The van der Waals surface area contributed by atoms with E-state index in [1.165, 1.54) is 0 Å². The van der Waals surface area contributed by atoms with Crippen LogP contribution in [-0.4, -0.2) is 31.8 Å². The van der Waals surface area contributed by atoms with Crippen LogP contribution in [0.3, 0.4) is 0 Å². The van der Waals surface area contributed by atoms with Crippen LogP contribution < -0.4 is 0 Å². The van der Waals surface area contributed by atoms with E-state index in [0.717, 1.165) is 22.5 Å². The fourth-order valence-electron chi connectivity index (χ4n) is 3.32. The van der Waals surface area contributed by atoms with Crippen molar-refractivity contribution in [2.24, 2.45) is 5.92 Å². The van der Waals surface area contributed by atoms with Crippen LogP contribution >= 0.6 is 0 Å². The van der Waals surface area contributed by atoms with Crippen LogP contribution in [0.4, 0.5) is 13.2 Å². The Bertz CT molecular complexity index is 1100. The molecule has 0 N–H and O–H groups in total. The first kappa shape index (κ1) is 22.8. The van der Waals surface area contributed by atoms with Crippen LogP contribution in [0.1, 0.15) is 29.5 Å². The summed E-state index contributed by atoms with van der Waals surface area (Å²) in [5.74, 6) is -0.981. The summed E-state index contributed by atoms with van der Waals surface area (Å²) in [6, 6.07) is 12.2. The first-order chi connectivity index (χ1) is 14.6. The number of carbonyl (C=O) groups is 1. The van der Waals surface area contributed by atoms with Crippen LogP contribution in [0.2, 0.25) is 0 Å². The van der Waals surface area contributed by atoms with Gasteiger partial charge in [-0.2, -0.15) is 22.7 Å². The van der Waals surface area contributed by atoms with Crippen molar-refractivity contribution in [1.29, 1.82) is 5.26 Å². The summed E-state index contributed by atoms with van der Waals surface area (Å²) < 4.78 is 70.5. The van der Waals surface area contributed by atoms with Gasteiger partial charge in [-0.15, -0.1) is 0 Å². The highest BCUT2D eigenvalue weighted by molar-refractivity contribution is 7.89. The number of nitrogens with zero attached hydrogens (tertiary/aromatic N) is 2. The molecule has 0 bridgehead atoms. The fourth-order valence-corrected chi connectivity index (χ4v) is 4.83. The Morgan fingerprint density at radius 3 is 2.45 bits per heavy atom. The highest BCUT2D eigenvalue weighted by Gasteiger charge is 2.35. The van der Waals surface area contributed by atoms with Crippen molar-refractivity contribution in [3.63, 3.8) is 0 Å². The van der Waals surface area contributed by atoms with Gasteiger partial charge < -0.3 is 4.74 Å². The van der Waals surface area contributed by atoms with Crippen molar-refractivity contribution in [3.8, 4) is 6.07 Å². The van der Waals surface area contributed by atoms with Crippen LogP contribution in [0.15, 0.2) is 53.4 Å². The topological polar surface area (TPSA) is 87.5 Å². The molecule has 1 aliphatic heterocycles. The molecule has 0 amide bonds. The smallest absolute Gasteiger partial charge is 0.416 e. The third-order valence-corrected chi connectivity index (χ3v) is 6.92. The van der Waals surface area contributed by atoms with E-state index in [2.05, 4.69) is 0 Å². The molecule has 1 saturated heterocycles. The highest BCUT2D eigenvalue weighted by Crippen LogP contribution is 2.32. The molecule has 164 valence electrons. The number of benzene rings is 2. The van der Waals surface area contributed by atoms with Gasteiger partial charge in [0, 0.05) is 13.1 Å². The molecule has 0 aromatic heterocycles. The Kier molecular flexibility index (Phi) is 6.67. The summed E-state index contributed by atoms with van der Waals surface area (Å²) in [5, 5.41) is 8.90. The molecule has 1 heterocycles. The van der Waals surface area contributed by atoms with Gasteiger partial charge in [0.15, 0.2) is 0 Å². The number of alkyl halides is 3. The molecule has 2 aromatic rings. The predicted octanol–water partition coefficient (Wildman–Crippen LogP) is 3.72. The number of ether oxygens (including phenoxy) is 1. The second kappa shape index (κ2) is 9.08. The number of halogens is 3. The van der Waals surface area contributed by atoms with E-state index < -0.39 is 38.5 Å². The van der Waals surface area contributed by atoms with E-state index in [9.17, 15) is 26.4 Å². The van der Waals surface area contributed by atoms with Gasteiger partial charge in [-0.1, -0.05) is 18.2 Å². The van der Waals surface area contributed by atoms with Crippen molar-refractivity contribution >= 4 is 16.0 Å². The SMILES string of the molecule is N#Cc1cccc(COC(=O)C2CCN(S(=O)(=O)c3cccc(C(F)(F)F)c3)CC2)c1. The molecule has 10 heteroatoms. The quantitative estimate of drug-likeness (QED) is 0.646. The molecule has 6 nitrogen and oxygen atoms in total. The van der Waals surface area contributed by atoms with E-state index in [1.54, 1.807) is 24.3 Å². The molecule has 0 saturated carbocycles. The van der Waals surface area contributed by atoms with Gasteiger partial charge in [-0.25, -0.2) is 8.42 Å². The molecule has 1 fully saturated rings. The van der Waals surface area contributed by atoms with Gasteiger partial charge in [0.2, 0.25) is 10.0 Å². The summed E-state index contributed by atoms with van der Waals surface area (Å²) in [7, 11) is -4.11. The van der Waals surface area contributed by atoms with Gasteiger partial charge in [-0.3, -0.25) is 4.79 Å². The first-order valence-electron chi connectivity index (χ1n) is 9.44. The lowest BCUT2D eigenvalue weighted by molar-refractivity contribution is -0.151. The van der Waals surface area contributed by atoms with Crippen LogP contribution in [0, 0.1) is 17.2 Å². The lowest BCUT2D eigenvalue weighted by atomic mass is 9.98. The maximum Gasteiger partial charge on any atom is 0.416 e. The lowest BCUT2D eigenvalue weighted by Crippen LogP contribution is -2.40. The summed E-state index contributed by atoms with van der Waals surface area (Å²) >= 11 is 0. The maximum absolute atomic E-state index is 12.9. The lowest BCUT2D eigenvalue weighted by Gasteiger charge is -2.30. The Morgan fingerprint density at radius 1 is 1.13 bits per heavy atom. The van der Waals surface area contributed by atoms with E-state index in [1.807, 2.05) is 6.07 Å². The minimum Gasteiger partial charge on any atom is -0.461 e. The number of carbonyl (C=O) groups excluding carboxylic acids is 1. The highest BCUT2D eigenvalue weighted by atomic mass is 32.2. The third kappa shape index (κ3) is 5.42. The zero-order valence-corrected chi connectivity index (χ0v) is 17.1. The first-order valence-corrected chi connectivity index (χ1v) is 10.9. The van der Waals surface area contributed by atoms with Crippen molar-refractivity contribution in [1.82, 2.24) is 4.31 Å². The van der Waals surface area contributed by atoms with E-state index in [-0.39, 0.29) is 32.5 Å². The molecular formula is C21H19F3N2O4S. The van der Waals surface area contributed by atoms with Crippen LogP contribution in [0.25, 0.3) is 0 Å². The van der Waals surface area contributed by atoms with Crippen LogP contribution in [0.5, 0.6) is 0 Å². The summed E-state index contributed by atoms with van der Waals surface area (Å²) in [6.45, 7) is 0.00161. The predicted molar refractivity (Wildman–Crippen MR) is 104 cm³/mol. The molecule has 0 radical (unpaired) electrons. The third-order valence-electron chi connectivity index (χ3n) is 5.02. The number of rotatable bonds is 5. The maximum atomic E-state index is 12.9. The molecule has 31 heavy (non-hydrogen) atoms. The number of hydrogen-bond acceptors (Lipinski definition) is 5. The molecule has 0 aliphatic carbocycles. The zero-order valence-electron chi connectivity index (χ0n) is 16.3. The number of esters is 1. The van der Waals surface area contributed by atoms with E-state index in [4.69, 9.17) is 10.00 Å². The Morgan fingerprint density at radius 2 is 1.81 bits per heavy atom. The van der Waals surface area contributed by atoms with Gasteiger partial charge >= 0.3 is 12.1 Å². The Balaban J connectivity index is 1.59. The van der Waals surface area contributed by atoms with Crippen molar-refractivity contribution in [3.05, 3.63) is 65.2 Å². The zero-order chi connectivity index (χ0) is 22.6. The molecule has 0 spiro atoms. The monoisotopic (exact) mass is 452 g/mol. The minimum atomic E-state index is -4.64. The Hall–Kier alpha value is -2.90. The van der Waals surface area contributed by atoms with Gasteiger partial charge in [0.05, 0.1) is 28.0 Å².